The predicted molar refractivity (Wildman–Crippen MR) is 108 cm³/mol. The van der Waals surface area contributed by atoms with Crippen LogP contribution in [0.5, 0.6) is 5.75 Å². The number of halogens is 1. The molecule has 2 amide bonds. The van der Waals surface area contributed by atoms with Crippen LogP contribution in [0, 0.1) is 0 Å². The van der Waals surface area contributed by atoms with E-state index in [9.17, 15) is 4.79 Å². The lowest BCUT2D eigenvalue weighted by molar-refractivity contribution is 0.252. The molecule has 0 unspecified atom stereocenters. The second-order valence-electron chi connectivity index (χ2n) is 5.68. The highest BCUT2D eigenvalue weighted by Crippen LogP contribution is 2.15. The molecule has 0 saturated heterocycles. The highest BCUT2D eigenvalue weighted by Gasteiger charge is 2.01. The first-order valence-electron chi connectivity index (χ1n) is 8.31. The summed E-state index contributed by atoms with van der Waals surface area (Å²) < 4.78 is 5.78. The number of carbonyl (C=O) groups is 1. The number of urea groups is 1. The van der Waals surface area contributed by atoms with Crippen LogP contribution in [0.4, 0.5) is 10.5 Å². The van der Waals surface area contributed by atoms with Gasteiger partial charge in [-0.15, -0.1) is 0 Å². The van der Waals surface area contributed by atoms with E-state index < -0.39 is 6.03 Å². The molecule has 0 aromatic heterocycles. The molecule has 5 nitrogen and oxygen atoms in total. The lowest BCUT2D eigenvalue weighted by Crippen LogP contribution is -2.24. The first-order valence-corrected chi connectivity index (χ1v) is 8.69. The number of benzene rings is 3. The van der Waals surface area contributed by atoms with E-state index in [1.807, 2.05) is 54.6 Å². The summed E-state index contributed by atoms with van der Waals surface area (Å²) in [6.07, 6.45) is 1.55. The van der Waals surface area contributed by atoms with Crippen LogP contribution >= 0.6 is 11.6 Å². The summed E-state index contributed by atoms with van der Waals surface area (Å²) in [5.74, 6) is 0.728. The van der Waals surface area contributed by atoms with Gasteiger partial charge in [-0.2, -0.15) is 5.10 Å². The molecule has 3 rings (SSSR count). The van der Waals surface area contributed by atoms with Crippen LogP contribution in [-0.4, -0.2) is 12.2 Å². The van der Waals surface area contributed by atoms with E-state index in [2.05, 4.69) is 15.8 Å². The summed E-state index contributed by atoms with van der Waals surface area (Å²) in [6, 6.07) is 23.8. The molecule has 0 fully saturated rings. The zero-order valence-corrected chi connectivity index (χ0v) is 15.2. The lowest BCUT2D eigenvalue weighted by Gasteiger charge is -2.07. The van der Waals surface area contributed by atoms with Crippen molar-refractivity contribution in [2.24, 2.45) is 5.10 Å². The average molecular weight is 380 g/mol. The number of carbonyl (C=O) groups excluding carboxylic acids is 1. The minimum absolute atomic E-state index is 0.454. The fraction of sp³-hybridized carbons (Fsp3) is 0.0476. The first-order chi connectivity index (χ1) is 13.2. The Morgan fingerprint density at radius 2 is 1.81 bits per heavy atom. The quantitative estimate of drug-likeness (QED) is 0.463. The monoisotopic (exact) mass is 379 g/mol. The molecular formula is C21H18ClN3O2. The highest BCUT2D eigenvalue weighted by molar-refractivity contribution is 6.30. The molecule has 3 aromatic carbocycles. The largest absolute Gasteiger partial charge is 0.489 e. The number of nitrogens with one attached hydrogen (secondary N) is 2. The Kier molecular flexibility index (Phi) is 6.44. The van der Waals surface area contributed by atoms with E-state index >= 15 is 0 Å². The summed E-state index contributed by atoms with van der Waals surface area (Å²) in [7, 11) is 0. The van der Waals surface area contributed by atoms with E-state index in [4.69, 9.17) is 16.3 Å². The van der Waals surface area contributed by atoms with E-state index in [0.717, 1.165) is 16.9 Å². The van der Waals surface area contributed by atoms with Crippen LogP contribution < -0.4 is 15.5 Å². The average Bonchev–Trinajstić information content (AvgIpc) is 2.68. The topological polar surface area (TPSA) is 62.7 Å². The number of nitrogens with zero attached hydrogens (tertiary/aromatic N) is 1. The second kappa shape index (κ2) is 9.40. The number of hydrazone groups is 1. The molecule has 0 radical (unpaired) electrons. The Morgan fingerprint density at radius 3 is 2.63 bits per heavy atom. The highest BCUT2D eigenvalue weighted by atomic mass is 35.5. The third-order valence-corrected chi connectivity index (χ3v) is 3.80. The Labute approximate surface area is 162 Å². The number of hydrogen-bond acceptors (Lipinski definition) is 3. The van der Waals surface area contributed by atoms with Crippen LogP contribution in [0.15, 0.2) is 84.0 Å². The van der Waals surface area contributed by atoms with Gasteiger partial charge in [-0.05, 0) is 41.5 Å². The SMILES string of the molecule is O=C(N/N=C\c1cccc(OCc2ccccc2)c1)Nc1cccc(Cl)c1. The number of hydrogen-bond donors (Lipinski definition) is 2. The zero-order chi connectivity index (χ0) is 18.9. The number of rotatable bonds is 6. The van der Waals surface area contributed by atoms with Gasteiger partial charge in [0.1, 0.15) is 12.4 Å². The minimum Gasteiger partial charge on any atom is -0.489 e. The van der Waals surface area contributed by atoms with E-state index in [1.165, 1.54) is 0 Å². The Hall–Kier alpha value is -3.31. The van der Waals surface area contributed by atoms with Crippen molar-refractivity contribution in [3.05, 3.63) is 95.0 Å². The molecule has 0 aliphatic heterocycles. The summed E-state index contributed by atoms with van der Waals surface area (Å²) >= 11 is 5.88. The Bertz CT molecular complexity index is 929. The van der Waals surface area contributed by atoms with Gasteiger partial charge in [0.15, 0.2) is 0 Å². The van der Waals surface area contributed by atoms with Crippen molar-refractivity contribution < 1.29 is 9.53 Å². The standard InChI is InChI=1S/C21H18ClN3O2/c22-18-9-5-10-19(13-18)24-21(26)25-23-14-17-8-4-11-20(12-17)27-15-16-6-2-1-3-7-16/h1-14H,15H2,(H2,24,25,26)/b23-14-. The van der Waals surface area contributed by atoms with Gasteiger partial charge in [0.2, 0.25) is 0 Å². The molecule has 2 N–H and O–H groups in total. The molecule has 136 valence electrons. The van der Waals surface area contributed by atoms with Gasteiger partial charge < -0.3 is 10.1 Å². The molecule has 0 atom stereocenters. The lowest BCUT2D eigenvalue weighted by atomic mass is 10.2. The summed E-state index contributed by atoms with van der Waals surface area (Å²) in [5, 5.41) is 7.13. The first kappa shape index (κ1) is 18.5. The summed E-state index contributed by atoms with van der Waals surface area (Å²) in [4.78, 5) is 11.8. The Balaban J connectivity index is 1.52. The number of anilines is 1. The van der Waals surface area contributed by atoms with Gasteiger partial charge in [-0.1, -0.05) is 60.1 Å². The number of amides is 2. The molecule has 0 aliphatic carbocycles. The van der Waals surface area contributed by atoms with Gasteiger partial charge in [-0.3, -0.25) is 0 Å². The normalized spacial score (nSPS) is 10.6. The van der Waals surface area contributed by atoms with Crippen LogP contribution in [0.1, 0.15) is 11.1 Å². The Morgan fingerprint density at radius 1 is 1.00 bits per heavy atom. The van der Waals surface area contributed by atoms with Crippen molar-refractivity contribution in [1.29, 1.82) is 0 Å². The molecule has 6 heteroatoms. The number of ether oxygens (including phenoxy) is 1. The molecule has 0 heterocycles. The van der Waals surface area contributed by atoms with Gasteiger partial charge >= 0.3 is 6.03 Å². The third kappa shape index (κ3) is 6.17. The van der Waals surface area contributed by atoms with Crippen molar-refractivity contribution >= 4 is 29.5 Å². The van der Waals surface area contributed by atoms with Crippen molar-refractivity contribution in [2.75, 3.05) is 5.32 Å². The summed E-state index contributed by atoms with van der Waals surface area (Å²) in [6.45, 7) is 0.488. The van der Waals surface area contributed by atoms with Gasteiger partial charge in [0.25, 0.3) is 0 Å². The van der Waals surface area contributed by atoms with Crippen LogP contribution in [0.25, 0.3) is 0 Å². The molecule has 3 aromatic rings. The minimum atomic E-state index is -0.454. The third-order valence-electron chi connectivity index (χ3n) is 3.57. The smallest absolute Gasteiger partial charge is 0.339 e. The van der Waals surface area contributed by atoms with E-state index in [0.29, 0.717) is 17.3 Å². The van der Waals surface area contributed by atoms with Crippen molar-refractivity contribution in [1.82, 2.24) is 5.43 Å². The maximum Gasteiger partial charge on any atom is 0.339 e. The molecule has 0 saturated carbocycles. The van der Waals surface area contributed by atoms with E-state index in [1.54, 1.807) is 30.5 Å². The zero-order valence-electron chi connectivity index (χ0n) is 14.4. The molecule has 27 heavy (non-hydrogen) atoms. The molecule has 0 spiro atoms. The molecule has 0 bridgehead atoms. The van der Waals surface area contributed by atoms with Crippen molar-refractivity contribution in [2.45, 2.75) is 6.61 Å². The summed E-state index contributed by atoms with van der Waals surface area (Å²) in [5.41, 5.74) is 4.90. The van der Waals surface area contributed by atoms with Gasteiger partial charge in [-0.25, -0.2) is 10.2 Å². The molecular weight excluding hydrogens is 362 g/mol. The van der Waals surface area contributed by atoms with Crippen molar-refractivity contribution in [3.63, 3.8) is 0 Å². The van der Waals surface area contributed by atoms with Gasteiger partial charge in [0, 0.05) is 10.7 Å². The molecule has 0 aliphatic rings. The van der Waals surface area contributed by atoms with Crippen molar-refractivity contribution in [3.8, 4) is 5.75 Å². The fourth-order valence-corrected chi connectivity index (χ4v) is 2.51. The van der Waals surface area contributed by atoms with Crippen LogP contribution in [-0.2, 0) is 6.61 Å². The second-order valence-corrected chi connectivity index (χ2v) is 6.12. The predicted octanol–water partition coefficient (Wildman–Crippen LogP) is 5.07. The van der Waals surface area contributed by atoms with Crippen LogP contribution in [0.2, 0.25) is 5.02 Å². The maximum absolute atomic E-state index is 11.8. The maximum atomic E-state index is 11.8. The van der Waals surface area contributed by atoms with Crippen LogP contribution in [0.3, 0.4) is 0 Å². The van der Waals surface area contributed by atoms with Gasteiger partial charge in [0.05, 0.1) is 6.21 Å². The fourth-order valence-electron chi connectivity index (χ4n) is 2.32. The van der Waals surface area contributed by atoms with E-state index in [-0.39, 0.29) is 0 Å².